The molecular weight excluding hydrogens is 186 g/mol. The third-order valence-electron chi connectivity index (χ3n) is 1.31. The standard InChI is InChI=1S/C9H17NO4/c1-4-13-8(6-7-12-3)10-9(11)14-5-2/h4-7H2,1-3H3/b10-8+. The van der Waals surface area contributed by atoms with Gasteiger partial charge in [0, 0.05) is 13.5 Å². The first kappa shape index (κ1) is 12.9. The van der Waals surface area contributed by atoms with E-state index in [1.807, 2.05) is 6.92 Å². The summed E-state index contributed by atoms with van der Waals surface area (Å²) in [6, 6.07) is 0. The van der Waals surface area contributed by atoms with Gasteiger partial charge in [0.05, 0.1) is 19.8 Å². The summed E-state index contributed by atoms with van der Waals surface area (Å²) in [6.45, 7) is 4.81. The zero-order chi connectivity index (χ0) is 10.8. The molecule has 0 heterocycles. The molecule has 0 N–H and O–H groups in total. The van der Waals surface area contributed by atoms with Gasteiger partial charge in [-0.1, -0.05) is 0 Å². The van der Waals surface area contributed by atoms with Crippen LogP contribution in [0, 0.1) is 0 Å². The first-order valence-electron chi connectivity index (χ1n) is 4.60. The van der Waals surface area contributed by atoms with E-state index in [4.69, 9.17) is 9.47 Å². The van der Waals surface area contributed by atoms with Crippen LogP contribution in [0.25, 0.3) is 0 Å². The molecule has 0 bridgehead atoms. The summed E-state index contributed by atoms with van der Waals surface area (Å²) in [4.78, 5) is 14.6. The van der Waals surface area contributed by atoms with Crippen LogP contribution in [0.3, 0.4) is 0 Å². The maximum atomic E-state index is 11.0. The SMILES string of the molecule is CCOC(=O)/N=C(\CCOC)OCC. The van der Waals surface area contributed by atoms with E-state index in [-0.39, 0.29) is 0 Å². The van der Waals surface area contributed by atoms with Crippen LogP contribution in [-0.2, 0) is 14.2 Å². The molecule has 0 aliphatic carbocycles. The molecule has 82 valence electrons. The number of methoxy groups -OCH3 is 1. The Bertz CT molecular complexity index is 191. The monoisotopic (exact) mass is 203 g/mol. The van der Waals surface area contributed by atoms with Gasteiger partial charge in [-0.15, -0.1) is 4.99 Å². The first-order valence-corrected chi connectivity index (χ1v) is 4.60. The van der Waals surface area contributed by atoms with Crippen LogP contribution in [0.15, 0.2) is 4.99 Å². The fraction of sp³-hybridized carbons (Fsp3) is 0.778. The number of carbonyl (C=O) groups is 1. The lowest BCUT2D eigenvalue weighted by molar-refractivity contribution is 0.161. The molecule has 0 aliphatic rings. The molecule has 0 saturated heterocycles. The normalized spacial score (nSPS) is 11.2. The van der Waals surface area contributed by atoms with E-state index in [2.05, 4.69) is 9.73 Å². The topological polar surface area (TPSA) is 57.1 Å². The summed E-state index contributed by atoms with van der Waals surface area (Å²) in [5, 5.41) is 0. The van der Waals surface area contributed by atoms with Crippen molar-refractivity contribution in [1.29, 1.82) is 0 Å². The predicted octanol–water partition coefficient (Wildman–Crippen LogP) is 1.61. The highest BCUT2D eigenvalue weighted by Gasteiger charge is 2.04. The fourth-order valence-corrected chi connectivity index (χ4v) is 0.774. The number of aliphatic imine (C=N–C) groups is 1. The number of nitrogens with zero attached hydrogens (tertiary/aromatic N) is 1. The van der Waals surface area contributed by atoms with Crippen molar-refractivity contribution in [2.24, 2.45) is 4.99 Å². The summed E-state index contributed by atoms with van der Waals surface area (Å²) in [7, 11) is 1.58. The van der Waals surface area contributed by atoms with Gasteiger partial charge in [-0.25, -0.2) is 4.79 Å². The van der Waals surface area contributed by atoms with Crippen LogP contribution in [0.2, 0.25) is 0 Å². The fourth-order valence-electron chi connectivity index (χ4n) is 0.774. The first-order chi connectivity index (χ1) is 6.74. The van der Waals surface area contributed by atoms with E-state index < -0.39 is 6.09 Å². The van der Waals surface area contributed by atoms with Crippen molar-refractivity contribution >= 4 is 12.0 Å². The Balaban J connectivity index is 4.08. The van der Waals surface area contributed by atoms with Crippen LogP contribution in [0.4, 0.5) is 4.79 Å². The van der Waals surface area contributed by atoms with Crippen molar-refractivity contribution < 1.29 is 19.0 Å². The zero-order valence-corrected chi connectivity index (χ0v) is 8.91. The summed E-state index contributed by atoms with van der Waals surface area (Å²) in [5.74, 6) is 0.354. The van der Waals surface area contributed by atoms with Crippen molar-refractivity contribution in [2.45, 2.75) is 20.3 Å². The Hall–Kier alpha value is -1.10. The van der Waals surface area contributed by atoms with Crippen molar-refractivity contribution in [1.82, 2.24) is 0 Å². The number of rotatable bonds is 5. The van der Waals surface area contributed by atoms with Gasteiger partial charge in [0.25, 0.3) is 0 Å². The lowest BCUT2D eigenvalue weighted by Gasteiger charge is -2.05. The second-order valence-corrected chi connectivity index (χ2v) is 2.38. The van der Waals surface area contributed by atoms with Gasteiger partial charge in [-0.05, 0) is 13.8 Å². The number of amides is 1. The molecule has 0 aliphatic heterocycles. The van der Waals surface area contributed by atoms with Crippen molar-refractivity contribution in [2.75, 3.05) is 26.9 Å². The minimum absolute atomic E-state index is 0.312. The van der Waals surface area contributed by atoms with E-state index in [1.165, 1.54) is 0 Å². The average molecular weight is 203 g/mol. The van der Waals surface area contributed by atoms with Gasteiger partial charge in [-0.2, -0.15) is 0 Å². The Kier molecular flexibility index (Phi) is 7.83. The lowest BCUT2D eigenvalue weighted by atomic mass is 10.4. The molecule has 0 aromatic heterocycles. The molecule has 0 aromatic rings. The second kappa shape index (κ2) is 8.50. The van der Waals surface area contributed by atoms with Gasteiger partial charge in [-0.3, -0.25) is 0 Å². The molecule has 5 nitrogen and oxygen atoms in total. The number of carbonyl (C=O) groups excluding carboxylic acids is 1. The van der Waals surface area contributed by atoms with E-state index in [1.54, 1.807) is 14.0 Å². The molecule has 0 spiro atoms. The van der Waals surface area contributed by atoms with Gasteiger partial charge in [0.2, 0.25) is 0 Å². The highest BCUT2D eigenvalue weighted by Crippen LogP contribution is 1.94. The molecule has 0 atom stereocenters. The average Bonchev–Trinajstić information content (AvgIpc) is 2.15. The maximum Gasteiger partial charge on any atom is 0.436 e. The molecule has 0 rings (SSSR count). The third-order valence-corrected chi connectivity index (χ3v) is 1.31. The molecule has 0 unspecified atom stereocenters. The van der Waals surface area contributed by atoms with E-state index in [0.29, 0.717) is 32.1 Å². The minimum atomic E-state index is -0.618. The largest absolute Gasteiger partial charge is 0.481 e. The van der Waals surface area contributed by atoms with Crippen molar-refractivity contribution in [3.8, 4) is 0 Å². The minimum Gasteiger partial charge on any atom is -0.481 e. The molecular formula is C9H17NO4. The van der Waals surface area contributed by atoms with Gasteiger partial charge < -0.3 is 14.2 Å². The summed E-state index contributed by atoms with van der Waals surface area (Å²) >= 11 is 0. The highest BCUT2D eigenvalue weighted by molar-refractivity contribution is 5.88. The maximum absolute atomic E-state index is 11.0. The quantitative estimate of drug-likeness (QED) is 0.503. The van der Waals surface area contributed by atoms with Crippen LogP contribution >= 0.6 is 0 Å². The number of hydrogen-bond acceptors (Lipinski definition) is 4. The summed E-state index contributed by atoms with van der Waals surface area (Å²) in [5.41, 5.74) is 0. The van der Waals surface area contributed by atoms with E-state index in [9.17, 15) is 4.79 Å². The van der Waals surface area contributed by atoms with E-state index >= 15 is 0 Å². The summed E-state index contributed by atoms with van der Waals surface area (Å²) in [6.07, 6.45) is -0.143. The van der Waals surface area contributed by atoms with Gasteiger partial charge in [0.15, 0.2) is 5.90 Å². The number of hydrogen-bond donors (Lipinski definition) is 0. The van der Waals surface area contributed by atoms with Crippen molar-refractivity contribution in [3.05, 3.63) is 0 Å². The molecule has 0 radical (unpaired) electrons. The van der Waals surface area contributed by atoms with E-state index in [0.717, 1.165) is 0 Å². The molecule has 1 amide bonds. The summed E-state index contributed by atoms with van der Waals surface area (Å²) < 4.78 is 14.6. The van der Waals surface area contributed by atoms with Crippen LogP contribution < -0.4 is 0 Å². The zero-order valence-electron chi connectivity index (χ0n) is 8.91. The molecule has 14 heavy (non-hydrogen) atoms. The second-order valence-electron chi connectivity index (χ2n) is 2.38. The van der Waals surface area contributed by atoms with Crippen molar-refractivity contribution in [3.63, 3.8) is 0 Å². The smallest absolute Gasteiger partial charge is 0.436 e. The van der Waals surface area contributed by atoms with Crippen LogP contribution in [0.5, 0.6) is 0 Å². The predicted molar refractivity (Wildman–Crippen MR) is 52.6 cm³/mol. The Morgan fingerprint density at radius 1 is 1.21 bits per heavy atom. The van der Waals surface area contributed by atoms with Crippen LogP contribution in [0.1, 0.15) is 20.3 Å². The molecule has 0 saturated carbocycles. The molecule has 0 aromatic carbocycles. The number of ether oxygens (including phenoxy) is 3. The Morgan fingerprint density at radius 3 is 2.36 bits per heavy atom. The highest BCUT2D eigenvalue weighted by atomic mass is 16.6. The van der Waals surface area contributed by atoms with Gasteiger partial charge >= 0.3 is 6.09 Å². The lowest BCUT2D eigenvalue weighted by Crippen LogP contribution is -2.11. The van der Waals surface area contributed by atoms with Crippen LogP contribution in [-0.4, -0.2) is 38.9 Å². The molecule has 5 heteroatoms. The Labute approximate surface area is 84.1 Å². The molecule has 0 fully saturated rings. The third kappa shape index (κ3) is 6.42. The van der Waals surface area contributed by atoms with Gasteiger partial charge in [0.1, 0.15) is 0 Å². The Morgan fingerprint density at radius 2 is 1.86 bits per heavy atom.